The maximum absolute atomic E-state index is 11.9. The molecule has 0 spiro atoms. The monoisotopic (exact) mass is 284 g/mol. The quantitative estimate of drug-likeness (QED) is 0.752. The van der Waals surface area contributed by atoms with Crippen LogP contribution in [0.25, 0.3) is 0 Å². The third-order valence-corrected chi connectivity index (χ3v) is 3.20. The van der Waals surface area contributed by atoms with Gasteiger partial charge < -0.3 is 9.47 Å². The summed E-state index contributed by atoms with van der Waals surface area (Å²) < 4.78 is 10.8. The Hall–Kier alpha value is -2.29. The number of carbonyl (C=O) groups excluding carboxylic acids is 1. The van der Waals surface area contributed by atoms with E-state index >= 15 is 0 Å². The van der Waals surface area contributed by atoms with E-state index in [9.17, 15) is 4.79 Å². The van der Waals surface area contributed by atoms with Gasteiger partial charge in [-0.1, -0.05) is 37.3 Å². The minimum absolute atomic E-state index is 0.274. The number of aryl methyl sites for hydroxylation is 1. The summed E-state index contributed by atoms with van der Waals surface area (Å²) in [5.74, 6) is 0.493. The molecule has 0 aliphatic carbocycles. The molecule has 0 N–H and O–H groups in total. The van der Waals surface area contributed by atoms with Crippen molar-refractivity contribution in [2.24, 2.45) is 0 Å². The fraction of sp³-hybridized carbons (Fsp3) is 0.278. The van der Waals surface area contributed by atoms with Gasteiger partial charge in [0.2, 0.25) is 0 Å². The Labute approximate surface area is 125 Å². The molecule has 0 aliphatic rings. The van der Waals surface area contributed by atoms with Gasteiger partial charge in [-0.2, -0.15) is 0 Å². The molecular weight excluding hydrogens is 264 g/mol. The first kappa shape index (κ1) is 15.1. The van der Waals surface area contributed by atoms with Gasteiger partial charge in [0.05, 0.1) is 12.2 Å². The van der Waals surface area contributed by atoms with E-state index in [0.717, 1.165) is 23.3 Å². The first-order valence-electron chi connectivity index (χ1n) is 7.21. The van der Waals surface area contributed by atoms with Gasteiger partial charge >= 0.3 is 5.97 Å². The molecule has 0 fully saturated rings. The van der Waals surface area contributed by atoms with Crippen molar-refractivity contribution >= 4 is 5.97 Å². The summed E-state index contributed by atoms with van der Waals surface area (Å²) in [4.78, 5) is 11.9. The first-order valence-corrected chi connectivity index (χ1v) is 7.21. The molecule has 0 atom stereocenters. The Bertz CT molecular complexity index is 591. The predicted molar refractivity (Wildman–Crippen MR) is 82.6 cm³/mol. The second-order valence-electron chi connectivity index (χ2n) is 4.67. The van der Waals surface area contributed by atoms with Gasteiger partial charge in [0.1, 0.15) is 12.4 Å². The molecule has 3 nitrogen and oxygen atoms in total. The number of benzene rings is 2. The van der Waals surface area contributed by atoms with E-state index in [1.165, 1.54) is 0 Å². The molecule has 0 radical (unpaired) electrons. The number of ether oxygens (including phenoxy) is 2. The molecule has 0 saturated carbocycles. The predicted octanol–water partition coefficient (Wildman–Crippen LogP) is 4.00. The maximum Gasteiger partial charge on any atom is 0.338 e. The molecule has 0 aliphatic heterocycles. The van der Waals surface area contributed by atoms with Crippen molar-refractivity contribution in [3.05, 3.63) is 65.2 Å². The van der Waals surface area contributed by atoms with Crippen molar-refractivity contribution in [2.45, 2.75) is 26.9 Å². The van der Waals surface area contributed by atoms with Crippen LogP contribution < -0.4 is 4.74 Å². The summed E-state index contributed by atoms with van der Waals surface area (Å²) in [6, 6.07) is 15.5. The summed E-state index contributed by atoms with van der Waals surface area (Å²) in [7, 11) is 0. The van der Waals surface area contributed by atoms with Crippen LogP contribution in [-0.2, 0) is 17.8 Å². The van der Waals surface area contributed by atoms with Crippen molar-refractivity contribution < 1.29 is 14.3 Å². The number of hydrogen-bond acceptors (Lipinski definition) is 3. The van der Waals surface area contributed by atoms with Gasteiger partial charge in [0, 0.05) is 0 Å². The highest BCUT2D eigenvalue weighted by molar-refractivity contribution is 5.91. The van der Waals surface area contributed by atoms with E-state index in [0.29, 0.717) is 18.8 Å². The zero-order chi connectivity index (χ0) is 15.1. The van der Waals surface area contributed by atoms with Crippen LogP contribution in [-0.4, -0.2) is 12.6 Å². The molecule has 3 heteroatoms. The highest BCUT2D eigenvalue weighted by Crippen LogP contribution is 2.20. The Kier molecular flexibility index (Phi) is 5.38. The van der Waals surface area contributed by atoms with Crippen LogP contribution in [0.5, 0.6) is 5.75 Å². The number of esters is 1. The van der Waals surface area contributed by atoms with Crippen LogP contribution in [0, 0.1) is 0 Å². The van der Waals surface area contributed by atoms with Gasteiger partial charge in [0.15, 0.2) is 0 Å². The normalized spacial score (nSPS) is 10.2. The number of rotatable bonds is 6. The SMILES string of the molecule is CCOC(=O)c1ccc(OCc2ccccc2)cc1CC. The summed E-state index contributed by atoms with van der Waals surface area (Å²) in [6.45, 7) is 4.72. The van der Waals surface area contributed by atoms with Gasteiger partial charge in [-0.05, 0) is 42.7 Å². The van der Waals surface area contributed by atoms with Gasteiger partial charge in [0.25, 0.3) is 0 Å². The lowest BCUT2D eigenvalue weighted by Gasteiger charge is -2.11. The van der Waals surface area contributed by atoms with Gasteiger partial charge in [-0.25, -0.2) is 4.79 Å². The molecule has 2 aromatic rings. The fourth-order valence-corrected chi connectivity index (χ4v) is 2.10. The van der Waals surface area contributed by atoms with E-state index in [-0.39, 0.29) is 5.97 Å². The van der Waals surface area contributed by atoms with Crippen LogP contribution >= 0.6 is 0 Å². The zero-order valence-electron chi connectivity index (χ0n) is 12.5. The smallest absolute Gasteiger partial charge is 0.338 e. The minimum Gasteiger partial charge on any atom is -0.489 e. The van der Waals surface area contributed by atoms with Crippen LogP contribution in [0.2, 0.25) is 0 Å². The molecule has 2 aromatic carbocycles. The summed E-state index contributed by atoms with van der Waals surface area (Å²) in [6.07, 6.45) is 0.761. The Morgan fingerprint density at radius 1 is 1.05 bits per heavy atom. The first-order chi connectivity index (χ1) is 10.2. The molecule has 0 heterocycles. The van der Waals surface area contributed by atoms with Crippen molar-refractivity contribution in [2.75, 3.05) is 6.61 Å². The third kappa shape index (κ3) is 4.09. The number of hydrogen-bond donors (Lipinski definition) is 0. The summed E-state index contributed by atoms with van der Waals surface area (Å²) in [5, 5.41) is 0. The largest absolute Gasteiger partial charge is 0.489 e. The summed E-state index contributed by atoms with van der Waals surface area (Å²) >= 11 is 0. The van der Waals surface area contributed by atoms with Crippen molar-refractivity contribution in [3.8, 4) is 5.75 Å². The van der Waals surface area contributed by atoms with Gasteiger partial charge in [-0.3, -0.25) is 0 Å². The average molecular weight is 284 g/mol. The molecule has 2 rings (SSSR count). The zero-order valence-corrected chi connectivity index (χ0v) is 12.5. The van der Waals surface area contributed by atoms with Crippen LogP contribution in [0.4, 0.5) is 0 Å². The van der Waals surface area contributed by atoms with E-state index in [2.05, 4.69) is 0 Å². The molecule has 0 aromatic heterocycles. The minimum atomic E-state index is -0.274. The molecule has 0 bridgehead atoms. The third-order valence-electron chi connectivity index (χ3n) is 3.20. The standard InChI is InChI=1S/C18H20O3/c1-3-15-12-16(10-11-17(15)18(19)20-4-2)21-13-14-8-6-5-7-9-14/h5-12H,3-4,13H2,1-2H3. The van der Waals surface area contributed by atoms with Crippen LogP contribution in [0.1, 0.15) is 35.3 Å². The second-order valence-corrected chi connectivity index (χ2v) is 4.67. The van der Waals surface area contributed by atoms with Crippen molar-refractivity contribution in [1.82, 2.24) is 0 Å². The lowest BCUT2D eigenvalue weighted by molar-refractivity contribution is 0.0525. The Balaban J connectivity index is 2.10. The molecule has 0 amide bonds. The fourth-order valence-electron chi connectivity index (χ4n) is 2.10. The second kappa shape index (κ2) is 7.48. The molecule has 110 valence electrons. The maximum atomic E-state index is 11.9. The lowest BCUT2D eigenvalue weighted by atomic mass is 10.0. The highest BCUT2D eigenvalue weighted by Gasteiger charge is 2.12. The number of carbonyl (C=O) groups is 1. The van der Waals surface area contributed by atoms with E-state index < -0.39 is 0 Å². The Morgan fingerprint density at radius 3 is 2.48 bits per heavy atom. The molecule has 0 saturated heterocycles. The summed E-state index contributed by atoms with van der Waals surface area (Å²) in [5.41, 5.74) is 2.68. The van der Waals surface area contributed by atoms with Crippen molar-refractivity contribution in [3.63, 3.8) is 0 Å². The van der Waals surface area contributed by atoms with E-state index in [1.54, 1.807) is 13.0 Å². The van der Waals surface area contributed by atoms with Crippen molar-refractivity contribution in [1.29, 1.82) is 0 Å². The highest BCUT2D eigenvalue weighted by atomic mass is 16.5. The average Bonchev–Trinajstić information content (AvgIpc) is 2.53. The lowest BCUT2D eigenvalue weighted by Crippen LogP contribution is -2.08. The Morgan fingerprint density at radius 2 is 1.81 bits per heavy atom. The van der Waals surface area contributed by atoms with E-state index in [1.807, 2.05) is 49.4 Å². The van der Waals surface area contributed by atoms with Crippen LogP contribution in [0.15, 0.2) is 48.5 Å². The molecular formula is C18H20O3. The van der Waals surface area contributed by atoms with E-state index in [4.69, 9.17) is 9.47 Å². The molecule has 21 heavy (non-hydrogen) atoms. The van der Waals surface area contributed by atoms with Gasteiger partial charge in [-0.15, -0.1) is 0 Å². The topological polar surface area (TPSA) is 35.5 Å². The molecule has 0 unspecified atom stereocenters. The van der Waals surface area contributed by atoms with Crippen LogP contribution in [0.3, 0.4) is 0 Å².